The molecule has 0 atom stereocenters. The van der Waals surface area contributed by atoms with Crippen LogP contribution in [0, 0.1) is 0 Å². The van der Waals surface area contributed by atoms with E-state index in [0.29, 0.717) is 11.5 Å². The molecular weight excluding hydrogens is 356 g/mol. The fourth-order valence-corrected chi connectivity index (χ4v) is 1.60. The highest BCUT2D eigenvalue weighted by atomic mass is 16.5. The van der Waals surface area contributed by atoms with Gasteiger partial charge < -0.3 is 38.1 Å². The average Bonchev–Trinajstić information content (AvgIpc) is 2.68. The van der Waals surface area contributed by atoms with Crippen LogP contribution in [-0.4, -0.2) is 33.8 Å². The zero-order valence-electron chi connectivity index (χ0n) is 13.9. The molecule has 0 spiro atoms. The predicted molar refractivity (Wildman–Crippen MR) is 98.5 cm³/mol. The van der Waals surface area contributed by atoms with Gasteiger partial charge in [-0.15, -0.1) is 0 Å². The fourth-order valence-electron chi connectivity index (χ4n) is 1.60. The molecule has 2 aromatic carbocycles. The van der Waals surface area contributed by atoms with Crippen LogP contribution in [0.5, 0.6) is 11.5 Å². The highest BCUT2D eigenvalue weighted by Crippen LogP contribution is 2.22. The smallest absolute Gasteiger partial charge is 0.335 e. The Morgan fingerprint density at radius 2 is 1.00 bits per heavy atom. The third-order valence-corrected chi connectivity index (χ3v) is 2.98. The van der Waals surface area contributed by atoms with Gasteiger partial charge in [0.1, 0.15) is 11.5 Å². The van der Waals surface area contributed by atoms with Gasteiger partial charge in [-0.05, 0) is 48.5 Å². The summed E-state index contributed by atoms with van der Waals surface area (Å²) >= 11 is 0. The number of aromatic carboxylic acids is 2. The molecule has 10 N–H and O–H groups in total. The molecule has 0 radical (unpaired) electrons. The van der Waals surface area contributed by atoms with Gasteiger partial charge in [0.25, 0.3) is 0 Å². The van der Waals surface area contributed by atoms with Gasteiger partial charge in [-0.25, -0.2) is 9.59 Å². The molecule has 11 heteroatoms. The molecule has 2 aromatic rings. The number of rotatable bonds is 4. The molecule has 0 saturated carbocycles. The molecule has 27 heavy (non-hydrogen) atoms. The SMILES string of the molecule is NN=C(N)C(N)=NN.O=C(O)c1ccc(Oc2ccc(C(=O)O)cc2)cc1. The van der Waals surface area contributed by atoms with Gasteiger partial charge in [-0.1, -0.05) is 0 Å². The van der Waals surface area contributed by atoms with Crippen LogP contribution < -0.4 is 27.9 Å². The van der Waals surface area contributed by atoms with E-state index in [9.17, 15) is 9.59 Å². The van der Waals surface area contributed by atoms with E-state index in [1.54, 1.807) is 0 Å². The number of carboxylic acid groups (broad SMARTS) is 2. The standard InChI is InChI=1S/C14H10O5.C2H8N6/c15-13(16)9-1-5-11(6-2-9)19-12-7-3-10(4-8-12)14(17)18;3-1(7-5)2(4)8-6/h1-8H,(H,15,16)(H,17,18);5-6H2,(H2,3,7)(H2,4,8). The number of hydrogen-bond acceptors (Lipinski definition) is 7. The first-order valence-electron chi connectivity index (χ1n) is 7.20. The molecule has 142 valence electrons. The van der Waals surface area contributed by atoms with Gasteiger partial charge in [0.2, 0.25) is 0 Å². The number of hydrogen-bond donors (Lipinski definition) is 6. The largest absolute Gasteiger partial charge is 0.478 e. The van der Waals surface area contributed by atoms with E-state index in [-0.39, 0.29) is 22.8 Å². The number of ether oxygens (including phenoxy) is 1. The molecule has 0 aliphatic heterocycles. The summed E-state index contributed by atoms with van der Waals surface area (Å²) in [6, 6.07) is 11.9. The molecule has 0 aliphatic rings. The number of nitrogens with two attached hydrogens (primary N) is 4. The summed E-state index contributed by atoms with van der Waals surface area (Å²) in [6.45, 7) is 0. The van der Waals surface area contributed by atoms with E-state index >= 15 is 0 Å². The number of hydrazone groups is 2. The minimum Gasteiger partial charge on any atom is -0.478 e. The molecule has 0 heterocycles. The Hall–Kier alpha value is -4.28. The van der Waals surface area contributed by atoms with Crippen molar-refractivity contribution < 1.29 is 24.5 Å². The minimum absolute atomic E-state index is 0.0625. The predicted octanol–water partition coefficient (Wildman–Crippen LogP) is 0.324. The van der Waals surface area contributed by atoms with Crippen molar-refractivity contribution in [2.24, 2.45) is 33.4 Å². The van der Waals surface area contributed by atoms with Crippen molar-refractivity contribution in [1.82, 2.24) is 0 Å². The number of carbonyl (C=O) groups is 2. The molecule has 11 nitrogen and oxygen atoms in total. The molecule has 0 fully saturated rings. The quantitative estimate of drug-likeness (QED) is 0.188. The molecule has 0 saturated heterocycles. The Morgan fingerprint density at radius 3 is 1.22 bits per heavy atom. The number of benzene rings is 2. The highest BCUT2D eigenvalue weighted by molar-refractivity contribution is 6.39. The van der Waals surface area contributed by atoms with Gasteiger partial charge in [0.15, 0.2) is 11.7 Å². The van der Waals surface area contributed by atoms with Crippen molar-refractivity contribution in [3.8, 4) is 11.5 Å². The maximum absolute atomic E-state index is 10.7. The van der Waals surface area contributed by atoms with E-state index in [2.05, 4.69) is 10.2 Å². The first-order valence-corrected chi connectivity index (χ1v) is 7.20. The van der Waals surface area contributed by atoms with Crippen LogP contribution >= 0.6 is 0 Å². The maximum Gasteiger partial charge on any atom is 0.335 e. The molecule has 0 bridgehead atoms. The molecule has 0 aliphatic carbocycles. The van der Waals surface area contributed by atoms with Crippen molar-refractivity contribution in [2.75, 3.05) is 0 Å². The van der Waals surface area contributed by atoms with Gasteiger partial charge in [0.05, 0.1) is 11.1 Å². The molecule has 0 unspecified atom stereocenters. The van der Waals surface area contributed by atoms with E-state index in [0.717, 1.165) is 0 Å². The molecule has 0 amide bonds. The Labute approximate surface area is 153 Å². The summed E-state index contributed by atoms with van der Waals surface area (Å²) < 4.78 is 5.46. The van der Waals surface area contributed by atoms with E-state index in [4.69, 9.17) is 38.1 Å². The first kappa shape index (κ1) is 20.8. The van der Waals surface area contributed by atoms with Crippen LogP contribution in [-0.2, 0) is 0 Å². The Bertz CT molecular complexity index is 775. The molecule has 2 rings (SSSR count). The summed E-state index contributed by atoms with van der Waals surface area (Å²) in [5.41, 5.74) is 10.4. The maximum atomic E-state index is 10.7. The Balaban J connectivity index is 0.000000387. The first-order chi connectivity index (χ1) is 12.8. The van der Waals surface area contributed by atoms with Gasteiger partial charge in [-0.3, -0.25) is 0 Å². The third kappa shape index (κ3) is 6.62. The van der Waals surface area contributed by atoms with E-state index in [1.165, 1.54) is 48.5 Å². The summed E-state index contributed by atoms with van der Waals surface area (Å²) in [4.78, 5) is 21.4. The lowest BCUT2D eigenvalue weighted by Gasteiger charge is -2.06. The molecular formula is C16H18N6O5. The molecule has 0 aromatic heterocycles. The third-order valence-electron chi connectivity index (χ3n) is 2.98. The topological polar surface area (TPSA) is 213 Å². The number of nitrogens with zero attached hydrogens (tertiary/aromatic N) is 2. The second-order valence-electron chi connectivity index (χ2n) is 4.79. The Kier molecular flexibility index (Phi) is 7.60. The van der Waals surface area contributed by atoms with E-state index < -0.39 is 11.9 Å². The highest BCUT2D eigenvalue weighted by Gasteiger charge is 2.05. The van der Waals surface area contributed by atoms with Crippen LogP contribution in [0.4, 0.5) is 0 Å². The monoisotopic (exact) mass is 374 g/mol. The normalized spacial score (nSPS) is 11.1. The average molecular weight is 374 g/mol. The summed E-state index contributed by atoms with van der Waals surface area (Å²) in [5.74, 6) is 8.22. The van der Waals surface area contributed by atoms with Crippen molar-refractivity contribution in [3.05, 3.63) is 59.7 Å². The second-order valence-corrected chi connectivity index (χ2v) is 4.79. The minimum atomic E-state index is -1.00. The van der Waals surface area contributed by atoms with Crippen molar-refractivity contribution in [1.29, 1.82) is 0 Å². The number of carboxylic acids is 2. The van der Waals surface area contributed by atoms with Crippen molar-refractivity contribution in [2.45, 2.75) is 0 Å². The van der Waals surface area contributed by atoms with Crippen LogP contribution in [0.2, 0.25) is 0 Å². The van der Waals surface area contributed by atoms with Crippen molar-refractivity contribution >= 4 is 23.6 Å². The zero-order chi connectivity index (χ0) is 20.4. The summed E-state index contributed by atoms with van der Waals surface area (Å²) in [7, 11) is 0. The van der Waals surface area contributed by atoms with Crippen LogP contribution in [0.1, 0.15) is 20.7 Å². The summed E-state index contributed by atoms with van der Waals surface area (Å²) in [5, 5.41) is 23.5. The lowest BCUT2D eigenvalue weighted by molar-refractivity contribution is 0.0686. The lowest BCUT2D eigenvalue weighted by Crippen LogP contribution is -2.33. The van der Waals surface area contributed by atoms with Gasteiger partial charge in [-0.2, -0.15) is 10.2 Å². The summed E-state index contributed by atoms with van der Waals surface area (Å²) in [6.07, 6.45) is 0. The van der Waals surface area contributed by atoms with Gasteiger partial charge >= 0.3 is 11.9 Å². The van der Waals surface area contributed by atoms with Crippen LogP contribution in [0.15, 0.2) is 58.7 Å². The van der Waals surface area contributed by atoms with Crippen LogP contribution in [0.25, 0.3) is 0 Å². The van der Waals surface area contributed by atoms with Gasteiger partial charge in [0, 0.05) is 0 Å². The lowest BCUT2D eigenvalue weighted by atomic mass is 10.2. The second kappa shape index (κ2) is 9.88. The number of amidine groups is 2. The van der Waals surface area contributed by atoms with E-state index in [1.807, 2.05) is 0 Å². The Morgan fingerprint density at radius 1 is 0.704 bits per heavy atom. The van der Waals surface area contributed by atoms with Crippen LogP contribution in [0.3, 0.4) is 0 Å². The van der Waals surface area contributed by atoms with Crippen molar-refractivity contribution in [3.63, 3.8) is 0 Å². The fraction of sp³-hybridized carbons (Fsp3) is 0. The zero-order valence-corrected chi connectivity index (χ0v) is 13.9.